The number of thioether (sulfide) groups is 1. The molecule has 0 spiro atoms. The van der Waals surface area contributed by atoms with Gasteiger partial charge < -0.3 is 0 Å². The second-order valence-corrected chi connectivity index (χ2v) is 3.12. The molecule has 0 aromatic heterocycles. The van der Waals surface area contributed by atoms with E-state index in [0.717, 1.165) is 5.75 Å². The third-order valence-corrected chi connectivity index (χ3v) is 2.15. The fraction of sp³-hybridized carbons (Fsp3) is 0.222. The minimum Gasteiger partial charge on any atom is -0.197 e. The summed E-state index contributed by atoms with van der Waals surface area (Å²) in [5.74, 6) is 1.52. The molecule has 0 radical (unpaired) electrons. The zero-order chi connectivity index (χ0) is 7.94. The molecule has 0 atom stereocenters. The van der Waals surface area contributed by atoms with Crippen molar-refractivity contribution in [2.75, 3.05) is 5.75 Å². The Hall–Kier alpha value is -0.940. The molecule has 1 aromatic carbocycles. The molecule has 56 valence electrons. The molecule has 0 aliphatic carbocycles. The van der Waals surface area contributed by atoms with Crippen LogP contribution >= 0.6 is 11.8 Å². The largest absolute Gasteiger partial charge is 0.197 e. The van der Waals surface area contributed by atoms with Crippen LogP contribution in [0, 0.1) is 11.3 Å². The number of rotatable bonds is 3. The number of hydrogen-bond acceptors (Lipinski definition) is 2. The summed E-state index contributed by atoms with van der Waals surface area (Å²) in [4.78, 5) is 0. The molecule has 1 rings (SSSR count). The first-order chi connectivity index (χ1) is 5.43. The van der Waals surface area contributed by atoms with Crippen LogP contribution in [0.3, 0.4) is 0 Å². The molecule has 1 aromatic rings. The smallest absolute Gasteiger partial charge is 0.0811 e. The van der Waals surface area contributed by atoms with E-state index in [4.69, 9.17) is 5.26 Å². The van der Waals surface area contributed by atoms with Gasteiger partial charge in [-0.05, 0) is 5.56 Å². The third-order valence-electron chi connectivity index (χ3n) is 1.28. The van der Waals surface area contributed by atoms with E-state index < -0.39 is 0 Å². The highest BCUT2D eigenvalue weighted by Crippen LogP contribution is 2.10. The molecule has 0 saturated carbocycles. The Morgan fingerprint density at radius 1 is 1.27 bits per heavy atom. The average molecular weight is 163 g/mol. The van der Waals surface area contributed by atoms with Crippen molar-refractivity contribution in [3.05, 3.63) is 35.9 Å². The minimum absolute atomic E-state index is 0.578. The number of nitrogens with zero attached hydrogens (tertiary/aromatic N) is 1. The highest BCUT2D eigenvalue weighted by Gasteiger charge is 1.89. The lowest BCUT2D eigenvalue weighted by molar-refractivity contribution is 1.41. The number of nitriles is 1. The molecule has 0 aliphatic rings. The topological polar surface area (TPSA) is 23.8 Å². The van der Waals surface area contributed by atoms with E-state index in [0.29, 0.717) is 5.75 Å². The van der Waals surface area contributed by atoms with Crippen molar-refractivity contribution < 1.29 is 0 Å². The van der Waals surface area contributed by atoms with Gasteiger partial charge in [-0.3, -0.25) is 0 Å². The molecule has 0 N–H and O–H groups in total. The normalized spacial score (nSPS) is 9.00. The van der Waals surface area contributed by atoms with Crippen molar-refractivity contribution in [3.63, 3.8) is 0 Å². The first kappa shape index (κ1) is 8.16. The summed E-state index contributed by atoms with van der Waals surface area (Å²) in [6.45, 7) is 0. The van der Waals surface area contributed by atoms with Gasteiger partial charge in [0.1, 0.15) is 0 Å². The Bertz CT molecular complexity index is 237. The summed E-state index contributed by atoms with van der Waals surface area (Å²) in [7, 11) is 0. The fourth-order valence-corrected chi connectivity index (χ4v) is 1.41. The van der Waals surface area contributed by atoms with Gasteiger partial charge >= 0.3 is 0 Å². The van der Waals surface area contributed by atoms with E-state index >= 15 is 0 Å². The first-order valence-corrected chi connectivity index (χ1v) is 4.57. The predicted molar refractivity (Wildman–Crippen MR) is 48.2 cm³/mol. The molecule has 0 aliphatic heterocycles. The van der Waals surface area contributed by atoms with E-state index in [9.17, 15) is 0 Å². The van der Waals surface area contributed by atoms with Gasteiger partial charge in [0.2, 0.25) is 0 Å². The Kier molecular flexibility index (Phi) is 3.57. The van der Waals surface area contributed by atoms with Crippen LogP contribution in [0.1, 0.15) is 5.56 Å². The highest BCUT2D eigenvalue weighted by atomic mass is 32.2. The molecule has 0 fully saturated rings. The van der Waals surface area contributed by atoms with E-state index in [1.165, 1.54) is 5.56 Å². The van der Waals surface area contributed by atoms with Gasteiger partial charge in [-0.15, -0.1) is 11.8 Å². The summed E-state index contributed by atoms with van der Waals surface area (Å²) in [5, 5.41) is 8.27. The quantitative estimate of drug-likeness (QED) is 0.639. The van der Waals surface area contributed by atoms with Crippen molar-refractivity contribution in [3.8, 4) is 6.07 Å². The zero-order valence-electron chi connectivity index (χ0n) is 6.16. The lowest BCUT2D eigenvalue weighted by Gasteiger charge is -1.95. The van der Waals surface area contributed by atoms with Crippen LogP contribution in [0.5, 0.6) is 0 Å². The van der Waals surface area contributed by atoms with Crippen LogP contribution in [0.25, 0.3) is 0 Å². The molecule has 0 amide bonds. The molecular formula is C9H9NS. The molecule has 0 bridgehead atoms. The van der Waals surface area contributed by atoms with E-state index in [1.54, 1.807) is 11.8 Å². The summed E-state index contributed by atoms with van der Waals surface area (Å²) < 4.78 is 0. The summed E-state index contributed by atoms with van der Waals surface area (Å²) in [6, 6.07) is 12.3. The first-order valence-electron chi connectivity index (χ1n) is 3.42. The Balaban J connectivity index is 2.35. The van der Waals surface area contributed by atoms with Crippen molar-refractivity contribution in [1.29, 1.82) is 5.26 Å². The van der Waals surface area contributed by atoms with Gasteiger partial charge in [-0.2, -0.15) is 5.26 Å². The maximum Gasteiger partial charge on any atom is 0.0811 e. The van der Waals surface area contributed by atoms with Crippen LogP contribution in [0.2, 0.25) is 0 Å². The fourth-order valence-electron chi connectivity index (χ4n) is 0.789. The molecular weight excluding hydrogens is 154 g/mol. The van der Waals surface area contributed by atoms with Crippen molar-refractivity contribution in [1.82, 2.24) is 0 Å². The maximum absolute atomic E-state index is 8.27. The summed E-state index contributed by atoms with van der Waals surface area (Å²) in [5.41, 5.74) is 1.28. The number of benzene rings is 1. The Morgan fingerprint density at radius 2 is 2.00 bits per heavy atom. The van der Waals surface area contributed by atoms with Crippen LogP contribution in [-0.4, -0.2) is 5.75 Å². The minimum atomic E-state index is 0.578. The van der Waals surface area contributed by atoms with Crippen LogP contribution in [0.4, 0.5) is 0 Å². The molecule has 0 heterocycles. The molecule has 2 heteroatoms. The SMILES string of the molecule is N#CCSCc1ccccc1. The second kappa shape index (κ2) is 4.81. The maximum atomic E-state index is 8.27. The zero-order valence-corrected chi connectivity index (χ0v) is 6.97. The molecule has 1 nitrogen and oxygen atoms in total. The lowest BCUT2D eigenvalue weighted by Crippen LogP contribution is -1.79. The standard InChI is InChI=1S/C9H9NS/c10-6-7-11-8-9-4-2-1-3-5-9/h1-5H,7-8H2. The van der Waals surface area contributed by atoms with Gasteiger partial charge in [-0.1, -0.05) is 30.3 Å². The van der Waals surface area contributed by atoms with E-state index in [-0.39, 0.29) is 0 Å². The van der Waals surface area contributed by atoms with Gasteiger partial charge in [0.15, 0.2) is 0 Å². The van der Waals surface area contributed by atoms with Crippen LogP contribution in [0.15, 0.2) is 30.3 Å². The summed E-state index contributed by atoms with van der Waals surface area (Å²) >= 11 is 1.65. The van der Waals surface area contributed by atoms with Crippen molar-refractivity contribution >= 4 is 11.8 Å². The van der Waals surface area contributed by atoms with E-state index in [1.807, 2.05) is 18.2 Å². The highest BCUT2D eigenvalue weighted by molar-refractivity contribution is 7.98. The van der Waals surface area contributed by atoms with Gasteiger partial charge in [0, 0.05) is 5.75 Å². The second-order valence-electron chi connectivity index (χ2n) is 2.14. The monoisotopic (exact) mass is 163 g/mol. The number of hydrogen-bond donors (Lipinski definition) is 0. The summed E-state index contributed by atoms with van der Waals surface area (Å²) in [6.07, 6.45) is 0. The third kappa shape index (κ3) is 3.10. The van der Waals surface area contributed by atoms with Crippen molar-refractivity contribution in [2.45, 2.75) is 5.75 Å². The molecule has 11 heavy (non-hydrogen) atoms. The predicted octanol–water partition coefficient (Wildman–Crippen LogP) is 2.44. The average Bonchev–Trinajstić information content (AvgIpc) is 2.07. The van der Waals surface area contributed by atoms with Crippen molar-refractivity contribution in [2.24, 2.45) is 0 Å². The van der Waals surface area contributed by atoms with Gasteiger partial charge in [0.25, 0.3) is 0 Å². The Labute approximate surface area is 71.0 Å². The van der Waals surface area contributed by atoms with Crippen LogP contribution in [-0.2, 0) is 5.75 Å². The van der Waals surface area contributed by atoms with E-state index in [2.05, 4.69) is 18.2 Å². The molecule has 0 unspecified atom stereocenters. The van der Waals surface area contributed by atoms with Gasteiger partial charge in [0.05, 0.1) is 11.8 Å². The van der Waals surface area contributed by atoms with Crippen LogP contribution < -0.4 is 0 Å². The Morgan fingerprint density at radius 3 is 2.64 bits per heavy atom. The lowest BCUT2D eigenvalue weighted by atomic mass is 10.2. The van der Waals surface area contributed by atoms with Gasteiger partial charge in [-0.25, -0.2) is 0 Å². The molecule has 0 saturated heterocycles.